The minimum Gasteiger partial charge on any atom is -0.439 e. The van der Waals surface area contributed by atoms with Crippen LogP contribution in [-0.4, -0.2) is 29.0 Å². The predicted octanol–water partition coefficient (Wildman–Crippen LogP) is 4.94. The van der Waals surface area contributed by atoms with Crippen molar-refractivity contribution in [3.05, 3.63) is 71.1 Å². The first-order valence-electron chi connectivity index (χ1n) is 8.92. The number of carbonyl (C=O) groups excluding carboxylic acids is 2. The normalized spacial score (nSPS) is 10.9. The molecule has 0 bridgehead atoms. The molecule has 3 rings (SSSR count). The fourth-order valence-electron chi connectivity index (χ4n) is 2.53. The lowest BCUT2D eigenvalue weighted by Gasteiger charge is -2.13. The molecule has 1 aromatic heterocycles. The van der Waals surface area contributed by atoms with Gasteiger partial charge < -0.3 is 20.7 Å². The van der Waals surface area contributed by atoms with Gasteiger partial charge in [0.05, 0.1) is 5.56 Å². The van der Waals surface area contributed by atoms with Gasteiger partial charge in [-0.2, -0.15) is 13.2 Å². The van der Waals surface area contributed by atoms with Crippen molar-refractivity contribution in [3.63, 3.8) is 0 Å². The van der Waals surface area contributed by atoms with Gasteiger partial charge in [-0.25, -0.2) is 14.8 Å². The third kappa shape index (κ3) is 6.08. The number of carbonyl (C=O) groups is 2. The topological polar surface area (TPSA) is 105 Å². The van der Waals surface area contributed by atoms with Crippen LogP contribution in [0.3, 0.4) is 0 Å². The Labute approximate surface area is 184 Å². The summed E-state index contributed by atoms with van der Waals surface area (Å²) in [5, 5.41) is 7.22. The van der Waals surface area contributed by atoms with E-state index in [2.05, 4.69) is 25.9 Å². The van der Waals surface area contributed by atoms with E-state index >= 15 is 0 Å². The van der Waals surface area contributed by atoms with Crippen LogP contribution in [0.2, 0.25) is 5.15 Å². The largest absolute Gasteiger partial charge is 0.439 e. The highest BCUT2D eigenvalue weighted by molar-refractivity contribution is 6.29. The van der Waals surface area contributed by atoms with E-state index in [0.29, 0.717) is 17.5 Å². The monoisotopic (exact) mass is 465 g/mol. The quantitative estimate of drug-likeness (QED) is 0.463. The molecule has 0 fully saturated rings. The molecule has 166 valence electrons. The van der Waals surface area contributed by atoms with Crippen LogP contribution >= 0.6 is 11.6 Å². The number of rotatable bonds is 5. The number of urea groups is 1. The van der Waals surface area contributed by atoms with E-state index in [4.69, 9.17) is 16.3 Å². The van der Waals surface area contributed by atoms with Crippen LogP contribution in [-0.2, 0) is 6.18 Å². The summed E-state index contributed by atoms with van der Waals surface area (Å²) >= 11 is 5.76. The zero-order chi connectivity index (χ0) is 23.3. The number of anilines is 2. The minimum atomic E-state index is -4.69. The number of benzene rings is 2. The van der Waals surface area contributed by atoms with E-state index in [0.717, 1.165) is 12.1 Å². The van der Waals surface area contributed by atoms with E-state index in [-0.39, 0.29) is 22.3 Å². The van der Waals surface area contributed by atoms with Crippen LogP contribution in [0.15, 0.2) is 54.9 Å². The molecule has 8 nitrogen and oxygen atoms in total. The molecule has 1 heterocycles. The lowest BCUT2D eigenvalue weighted by atomic mass is 10.1. The summed E-state index contributed by atoms with van der Waals surface area (Å²) in [5.41, 5.74) is -1.17. The van der Waals surface area contributed by atoms with Gasteiger partial charge in [0.25, 0.3) is 5.91 Å². The Bertz CT molecular complexity index is 1140. The molecular formula is C20H15ClF3N5O3. The summed E-state index contributed by atoms with van der Waals surface area (Å²) in [5.74, 6) is -0.0983. The summed E-state index contributed by atoms with van der Waals surface area (Å²) in [7, 11) is 1.29. The Morgan fingerprint density at radius 1 is 0.969 bits per heavy atom. The molecule has 0 aliphatic heterocycles. The number of alkyl halides is 3. The van der Waals surface area contributed by atoms with Gasteiger partial charge in [0.15, 0.2) is 0 Å². The summed E-state index contributed by atoms with van der Waals surface area (Å²) in [6.45, 7) is 0. The molecule has 0 saturated carbocycles. The smallest absolute Gasteiger partial charge is 0.416 e. The molecule has 3 amide bonds. The Morgan fingerprint density at radius 3 is 2.28 bits per heavy atom. The lowest BCUT2D eigenvalue weighted by Crippen LogP contribution is -2.22. The molecule has 12 heteroatoms. The first kappa shape index (κ1) is 22.8. The maximum Gasteiger partial charge on any atom is 0.416 e. The van der Waals surface area contributed by atoms with Gasteiger partial charge in [-0.1, -0.05) is 11.6 Å². The van der Waals surface area contributed by atoms with E-state index in [1.54, 1.807) is 12.1 Å². The third-order valence-corrected chi connectivity index (χ3v) is 4.16. The van der Waals surface area contributed by atoms with Gasteiger partial charge in [0.1, 0.15) is 17.2 Å². The van der Waals surface area contributed by atoms with E-state index in [1.807, 2.05) is 0 Å². The maximum absolute atomic E-state index is 13.1. The molecule has 0 radical (unpaired) electrons. The summed E-state index contributed by atoms with van der Waals surface area (Å²) in [4.78, 5) is 31.6. The SMILES string of the molecule is CNC(=O)c1cc(NC(=O)Nc2ccc(Oc3cc(Cl)ncn3)cc2)cc(C(F)(F)F)c1. The van der Waals surface area contributed by atoms with Crippen LogP contribution in [0, 0.1) is 0 Å². The molecule has 3 aromatic rings. The highest BCUT2D eigenvalue weighted by Gasteiger charge is 2.32. The molecule has 0 aliphatic rings. The van der Waals surface area contributed by atoms with Crippen molar-refractivity contribution in [3.8, 4) is 11.6 Å². The molecule has 0 aliphatic carbocycles. The fraction of sp³-hybridized carbons (Fsp3) is 0.100. The van der Waals surface area contributed by atoms with Crippen molar-refractivity contribution in [1.82, 2.24) is 15.3 Å². The molecule has 0 unspecified atom stereocenters. The lowest BCUT2D eigenvalue weighted by molar-refractivity contribution is -0.137. The third-order valence-electron chi connectivity index (χ3n) is 3.95. The second-order valence-electron chi connectivity index (χ2n) is 6.26. The maximum atomic E-state index is 13.1. The van der Waals surface area contributed by atoms with Gasteiger partial charge in [0.2, 0.25) is 5.88 Å². The second-order valence-corrected chi connectivity index (χ2v) is 6.65. The average Bonchev–Trinajstić information content (AvgIpc) is 2.73. The molecule has 0 spiro atoms. The van der Waals surface area contributed by atoms with Crippen molar-refractivity contribution in [2.24, 2.45) is 0 Å². The number of hydrogen-bond acceptors (Lipinski definition) is 5. The highest BCUT2D eigenvalue weighted by atomic mass is 35.5. The Balaban J connectivity index is 1.69. The van der Waals surface area contributed by atoms with Crippen molar-refractivity contribution in [2.45, 2.75) is 6.18 Å². The summed E-state index contributed by atoms with van der Waals surface area (Å²) in [6.07, 6.45) is -3.46. The van der Waals surface area contributed by atoms with Gasteiger partial charge >= 0.3 is 12.2 Å². The van der Waals surface area contributed by atoms with Gasteiger partial charge in [0, 0.05) is 30.1 Å². The van der Waals surface area contributed by atoms with Gasteiger partial charge in [-0.3, -0.25) is 4.79 Å². The number of halogens is 4. The number of aromatic nitrogens is 2. The zero-order valence-electron chi connectivity index (χ0n) is 16.3. The molecule has 0 saturated heterocycles. The zero-order valence-corrected chi connectivity index (χ0v) is 17.1. The van der Waals surface area contributed by atoms with Crippen LogP contribution in [0.1, 0.15) is 15.9 Å². The minimum absolute atomic E-state index is 0.198. The fourth-order valence-corrected chi connectivity index (χ4v) is 2.67. The average molecular weight is 466 g/mol. The van der Waals surface area contributed by atoms with Crippen molar-refractivity contribution in [2.75, 3.05) is 17.7 Å². The van der Waals surface area contributed by atoms with Gasteiger partial charge in [-0.05, 0) is 42.5 Å². The van der Waals surface area contributed by atoms with Crippen LogP contribution in [0.25, 0.3) is 0 Å². The van der Waals surface area contributed by atoms with E-state index < -0.39 is 23.7 Å². The van der Waals surface area contributed by atoms with Crippen molar-refractivity contribution >= 4 is 34.9 Å². The first-order valence-corrected chi connectivity index (χ1v) is 9.29. The van der Waals surface area contributed by atoms with Crippen molar-refractivity contribution < 1.29 is 27.5 Å². The Hall–Kier alpha value is -3.86. The van der Waals surface area contributed by atoms with Crippen LogP contribution < -0.4 is 20.7 Å². The first-order chi connectivity index (χ1) is 15.1. The Morgan fingerprint density at radius 2 is 1.66 bits per heavy atom. The van der Waals surface area contributed by atoms with E-state index in [9.17, 15) is 22.8 Å². The second kappa shape index (κ2) is 9.52. The van der Waals surface area contributed by atoms with Crippen molar-refractivity contribution in [1.29, 1.82) is 0 Å². The summed E-state index contributed by atoms with van der Waals surface area (Å²) in [6, 6.07) is 9.30. The van der Waals surface area contributed by atoms with Gasteiger partial charge in [-0.15, -0.1) is 0 Å². The van der Waals surface area contributed by atoms with E-state index in [1.165, 1.54) is 31.6 Å². The summed E-state index contributed by atoms with van der Waals surface area (Å²) < 4.78 is 44.9. The standard InChI is InChI=1S/C20H15ClF3N5O3/c1-25-18(30)11-6-12(20(22,23)24)8-14(7-11)29-19(31)28-13-2-4-15(5-3-13)32-17-9-16(21)26-10-27-17/h2-10H,1H3,(H,25,30)(H2,28,29,31). The number of hydrogen-bond donors (Lipinski definition) is 3. The molecular weight excluding hydrogens is 451 g/mol. The molecule has 2 aromatic carbocycles. The number of nitrogens with zero attached hydrogens (tertiary/aromatic N) is 2. The van der Waals surface area contributed by atoms with Crippen LogP contribution in [0.5, 0.6) is 11.6 Å². The highest BCUT2D eigenvalue weighted by Crippen LogP contribution is 2.32. The molecule has 32 heavy (non-hydrogen) atoms. The number of nitrogens with one attached hydrogen (secondary N) is 3. The molecule has 3 N–H and O–H groups in total. The molecule has 0 atom stereocenters. The number of ether oxygens (including phenoxy) is 1. The predicted molar refractivity (Wildman–Crippen MR) is 111 cm³/mol. The number of amides is 3. The Kier molecular flexibility index (Phi) is 6.79. The van der Waals surface area contributed by atoms with Crippen LogP contribution in [0.4, 0.5) is 29.3 Å².